The van der Waals surface area contributed by atoms with E-state index in [0.717, 1.165) is 40.8 Å². The van der Waals surface area contributed by atoms with Gasteiger partial charge < -0.3 is 4.74 Å². The summed E-state index contributed by atoms with van der Waals surface area (Å²) in [7, 11) is 0. The Labute approximate surface area is 154 Å². The van der Waals surface area contributed by atoms with E-state index < -0.39 is 0 Å². The summed E-state index contributed by atoms with van der Waals surface area (Å²) in [5, 5.41) is 4.20. The van der Waals surface area contributed by atoms with Crippen LogP contribution in [0.3, 0.4) is 0 Å². The number of benzene rings is 1. The molecular weight excluding hydrogens is 342 g/mol. The van der Waals surface area contributed by atoms with Gasteiger partial charge in [0.15, 0.2) is 0 Å². The van der Waals surface area contributed by atoms with Crippen LogP contribution in [0.4, 0.5) is 0 Å². The van der Waals surface area contributed by atoms with Crippen LogP contribution in [0, 0.1) is 6.92 Å². The number of ether oxygens (including phenoxy) is 1. The Bertz CT molecular complexity index is 1190. The maximum atomic E-state index is 12.8. The standard InChI is InChI=1S/C20H17N5O2/c1-13-17(4-2-5-18(13)27-16-6-7-16)14-10-15-11-23-25(20(26)24(15)12-14)19-21-8-3-9-22-19/h2-5,8-12,16H,6-7H2,1H3. The van der Waals surface area contributed by atoms with Crippen molar-refractivity contribution in [2.45, 2.75) is 25.9 Å². The van der Waals surface area contributed by atoms with Crippen molar-refractivity contribution in [3.8, 4) is 22.8 Å². The SMILES string of the molecule is Cc1c(OC2CC2)cccc1-c1cc2cnn(-c3ncccn3)c(=O)n2c1. The lowest BCUT2D eigenvalue weighted by Crippen LogP contribution is -2.28. The summed E-state index contributed by atoms with van der Waals surface area (Å²) in [6.07, 6.45) is 9.20. The van der Waals surface area contributed by atoms with Crippen molar-refractivity contribution in [2.75, 3.05) is 0 Å². The first-order chi connectivity index (χ1) is 13.2. The van der Waals surface area contributed by atoms with Crippen molar-refractivity contribution in [1.82, 2.24) is 24.1 Å². The minimum atomic E-state index is -0.312. The van der Waals surface area contributed by atoms with Crippen molar-refractivity contribution in [1.29, 1.82) is 0 Å². The van der Waals surface area contributed by atoms with E-state index in [1.807, 2.05) is 37.4 Å². The lowest BCUT2D eigenvalue weighted by molar-refractivity contribution is 0.301. The summed E-state index contributed by atoms with van der Waals surface area (Å²) in [5.41, 5.74) is 3.46. The van der Waals surface area contributed by atoms with Gasteiger partial charge in [0.2, 0.25) is 0 Å². The Hall–Kier alpha value is -3.48. The highest BCUT2D eigenvalue weighted by molar-refractivity contribution is 5.74. The van der Waals surface area contributed by atoms with Crippen molar-refractivity contribution >= 4 is 5.52 Å². The fraction of sp³-hybridized carbons (Fsp3) is 0.200. The van der Waals surface area contributed by atoms with Gasteiger partial charge in [0, 0.05) is 24.2 Å². The van der Waals surface area contributed by atoms with E-state index in [4.69, 9.17) is 4.74 Å². The predicted molar refractivity (Wildman–Crippen MR) is 100 cm³/mol. The van der Waals surface area contributed by atoms with Gasteiger partial charge in [-0.2, -0.15) is 5.10 Å². The van der Waals surface area contributed by atoms with Crippen LogP contribution in [-0.2, 0) is 0 Å². The molecule has 0 radical (unpaired) electrons. The number of nitrogens with zero attached hydrogens (tertiary/aromatic N) is 5. The number of hydrogen-bond acceptors (Lipinski definition) is 5. The van der Waals surface area contributed by atoms with Gasteiger partial charge in [-0.25, -0.2) is 14.8 Å². The van der Waals surface area contributed by atoms with Crippen molar-refractivity contribution in [2.24, 2.45) is 0 Å². The summed E-state index contributed by atoms with van der Waals surface area (Å²) >= 11 is 0. The molecule has 0 N–H and O–H groups in total. The zero-order valence-corrected chi connectivity index (χ0v) is 14.7. The van der Waals surface area contributed by atoms with Gasteiger partial charge in [-0.05, 0) is 49.1 Å². The van der Waals surface area contributed by atoms with E-state index in [-0.39, 0.29) is 11.6 Å². The highest BCUT2D eigenvalue weighted by atomic mass is 16.5. The maximum Gasteiger partial charge on any atom is 0.356 e. The van der Waals surface area contributed by atoms with Gasteiger partial charge in [0.05, 0.1) is 17.8 Å². The van der Waals surface area contributed by atoms with Crippen molar-refractivity contribution < 1.29 is 4.74 Å². The lowest BCUT2D eigenvalue weighted by atomic mass is 10.0. The quantitative estimate of drug-likeness (QED) is 0.560. The second-order valence-electron chi connectivity index (χ2n) is 6.66. The van der Waals surface area contributed by atoms with Crippen LogP contribution in [0.2, 0.25) is 0 Å². The fourth-order valence-electron chi connectivity index (χ4n) is 3.12. The van der Waals surface area contributed by atoms with Gasteiger partial charge in [-0.15, -0.1) is 4.68 Å². The summed E-state index contributed by atoms with van der Waals surface area (Å²) in [6, 6.07) is 9.66. The van der Waals surface area contributed by atoms with Gasteiger partial charge in [-0.1, -0.05) is 12.1 Å². The van der Waals surface area contributed by atoms with Crippen LogP contribution < -0.4 is 10.4 Å². The van der Waals surface area contributed by atoms with Crippen LogP contribution in [0.5, 0.6) is 5.75 Å². The Morgan fingerprint density at radius 2 is 1.96 bits per heavy atom. The molecule has 0 bridgehead atoms. The van der Waals surface area contributed by atoms with E-state index in [1.54, 1.807) is 29.1 Å². The average Bonchev–Trinajstić information content (AvgIpc) is 3.40. The third-order valence-corrected chi connectivity index (χ3v) is 4.70. The molecule has 1 aliphatic carbocycles. The molecule has 0 aliphatic heterocycles. The predicted octanol–water partition coefficient (Wildman–Crippen LogP) is 2.79. The number of hydrogen-bond donors (Lipinski definition) is 0. The molecule has 1 aromatic carbocycles. The number of fused-ring (bicyclic) bond motifs is 1. The second kappa shape index (κ2) is 6.05. The molecule has 7 nitrogen and oxygen atoms in total. The van der Waals surface area contributed by atoms with Crippen LogP contribution in [0.25, 0.3) is 22.6 Å². The highest BCUT2D eigenvalue weighted by Gasteiger charge is 2.24. The Morgan fingerprint density at radius 3 is 2.74 bits per heavy atom. The molecule has 1 fully saturated rings. The molecule has 0 amide bonds. The largest absolute Gasteiger partial charge is 0.490 e. The first-order valence-electron chi connectivity index (χ1n) is 8.85. The van der Waals surface area contributed by atoms with E-state index in [0.29, 0.717) is 6.10 Å². The van der Waals surface area contributed by atoms with Crippen LogP contribution >= 0.6 is 0 Å². The lowest BCUT2D eigenvalue weighted by Gasteiger charge is -2.11. The molecule has 0 saturated heterocycles. The monoisotopic (exact) mass is 359 g/mol. The minimum absolute atomic E-state index is 0.246. The molecule has 1 saturated carbocycles. The van der Waals surface area contributed by atoms with Gasteiger partial charge >= 0.3 is 5.69 Å². The molecule has 0 spiro atoms. The summed E-state index contributed by atoms with van der Waals surface area (Å²) in [5.74, 6) is 1.15. The smallest absolute Gasteiger partial charge is 0.356 e. The van der Waals surface area contributed by atoms with Crippen LogP contribution in [0.15, 0.2) is 59.9 Å². The fourth-order valence-corrected chi connectivity index (χ4v) is 3.12. The molecule has 1 aliphatic rings. The van der Waals surface area contributed by atoms with E-state index >= 15 is 0 Å². The molecule has 0 unspecified atom stereocenters. The van der Waals surface area contributed by atoms with Crippen molar-refractivity contribution in [3.05, 3.63) is 71.2 Å². The summed E-state index contributed by atoms with van der Waals surface area (Å²) in [6.45, 7) is 2.05. The third-order valence-electron chi connectivity index (χ3n) is 4.70. The highest BCUT2D eigenvalue weighted by Crippen LogP contribution is 2.34. The summed E-state index contributed by atoms with van der Waals surface area (Å²) in [4.78, 5) is 21.0. The first kappa shape index (κ1) is 15.7. The van der Waals surface area contributed by atoms with Gasteiger partial charge in [-0.3, -0.25) is 4.40 Å². The van der Waals surface area contributed by atoms with Crippen LogP contribution in [-0.4, -0.2) is 30.3 Å². The van der Waals surface area contributed by atoms with E-state index in [1.165, 1.54) is 4.68 Å². The third kappa shape index (κ3) is 2.77. The molecule has 4 aromatic rings. The van der Waals surface area contributed by atoms with Gasteiger partial charge in [0.1, 0.15) is 5.75 Å². The second-order valence-corrected chi connectivity index (χ2v) is 6.66. The molecule has 3 aromatic heterocycles. The van der Waals surface area contributed by atoms with Gasteiger partial charge in [0.25, 0.3) is 5.95 Å². The molecule has 5 rings (SSSR count). The molecule has 27 heavy (non-hydrogen) atoms. The molecular formula is C20H17N5O2. The topological polar surface area (TPSA) is 74.3 Å². The zero-order chi connectivity index (χ0) is 18.4. The Balaban J connectivity index is 1.61. The minimum Gasteiger partial charge on any atom is -0.490 e. The normalized spacial score (nSPS) is 13.8. The average molecular weight is 359 g/mol. The molecule has 0 atom stereocenters. The molecule has 134 valence electrons. The Morgan fingerprint density at radius 1 is 1.15 bits per heavy atom. The van der Waals surface area contributed by atoms with Crippen molar-refractivity contribution in [3.63, 3.8) is 0 Å². The first-order valence-corrected chi connectivity index (χ1v) is 8.85. The van der Waals surface area contributed by atoms with E-state index in [9.17, 15) is 4.79 Å². The molecule has 7 heteroatoms. The van der Waals surface area contributed by atoms with E-state index in [2.05, 4.69) is 15.1 Å². The number of rotatable bonds is 4. The Kier molecular flexibility index (Phi) is 3.53. The zero-order valence-electron chi connectivity index (χ0n) is 14.7. The molecule has 3 heterocycles. The number of aromatic nitrogens is 5. The maximum absolute atomic E-state index is 12.8. The summed E-state index contributed by atoms with van der Waals surface area (Å²) < 4.78 is 8.74. The van der Waals surface area contributed by atoms with Crippen LogP contribution in [0.1, 0.15) is 18.4 Å².